The maximum atomic E-state index is 13.4. The SMILES string of the molecule is CCOc1ccc(NC(=O)C(Cc2ccc([C@H](C)O)cc2)NC(=O)O[C@H]2CCCCN2S(=O)(=O)c2cccc(C(F)(F)F)c2)cc1. The fourth-order valence-corrected chi connectivity index (χ4v) is 6.57. The number of rotatable bonds is 11. The van der Waals surface area contributed by atoms with Crippen LogP contribution in [-0.4, -0.2) is 55.3 Å². The molecule has 1 saturated heterocycles. The Labute approximate surface area is 265 Å². The average molecular weight is 664 g/mol. The third-order valence-corrected chi connectivity index (χ3v) is 9.24. The zero-order chi connectivity index (χ0) is 33.5. The standard InChI is InChI=1S/C32H36F3N3O7S/c1-3-44-26-16-14-25(15-17-26)36-30(40)28(19-22-10-12-23(13-11-22)21(2)39)37-31(41)45-29-9-4-5-18-38(29)46(42,43)27-8-6-7-24(20-27)32(33,34)35/h6-8,10-17,20-21,28-29,39H,3-5,9,18-19H2,1-2H3,(H,36,40)(H,37,41)/t21-,28?,29-/m0/s1. The highest BCUT2D eigenvalue weighted by atomic mass is 32.2. The van der Waals surface area contributed by atoms with Gasteiger partial charge in [0.15, 0.2) is 6.23 Å². The molecule has 3 atom stereocenters. The Morgan fingerprint density at radius 2 is 1.74 bits per heavy atom. The van der Waals surface area contributed by atoms with Gasteiger partial charge in [-0.15, -0.1) is 0 Å². The summed E-state index contributed by atoms with van der Waals surface area (Å²) in [6, 6.07) is 15.6. The van der Waals surface area contributed by atoms with Gasteiger partial charge in [-0.25, -0.2) is 13.2 Å². The third kappa shape index (κ3) is 8.98. The van der Waals surface area contributed by atoms with Gasteiger partial charge in [-0.1, -0.05) is 30.3 Å². The molecule has 14 heteroatoms. The van der Waals surface area contributed by atoms with Crippen molar-refractivity contribution in [2.24, 2.45) is 0 Å². The van der Waals surface area contributed by atoms with Crippen LogP contribution in [0.2, 0.25) is 0 Å². The topological polar surface area (TPSA) is 134 Å². The molecule has 248 valence electrons. The van der Waals surface area contributed by atoms with Crippen molar-refractivity contribution in [2.45, 2.75) is 69.0 Å². The normalized spacial score (nSPS) is 17.0. The number of halogens is 3. The van der Waals surface area contributed by atoms with Crippen LogP contribution in [0.4, 0.5) is 23.7 Å². The number of amides is 2. The van der Waals surface area contributed by atoms with Gasteiger partial charge in [0, 0.05) is 18.7 Å². The number of sulfonamides is 1. The fraction of sp³-hybridized carbons (Fsp3) is 0.375. The number of nitrogens with zero attached hydrogens (tertiary/aromatic N) is 1. The Balaban J connectivity index is 1.52. The van der Waals surface area contributed by atoms with Gasteiger partial charge >= 0.3 is 12.3 Å². The molecule has 0 aliphatic carbocycles. The molecule has 2 amide bonds. The minimum absolute atomic E-state index is 0.0228. The summed E-state index contributed by atoms with van der Waals surface area (Å²) in [5.74, 6) is 0.0203. The van der Waals surface area contributed by atoms with Crippen LogP contribution < -0.4 is 15.4 Å². The van der Waals surface area contributed by atoms with E-state index in [9.17, 15) is 36.3 Å². The van der Waals surface area contributed by atoms with Gasteiger partial charge in [-0.05, 0) is 86.7 Å². The van der Waals surface area contributed by atoms with Crippen LogP contribution >= 0.6 is 0 Å². The molecule has 1 aliphatic rings. The first kappa shape index (κ1) is 34.7. The number of piperidine rings is 1. The van der Waals surface area contributed by atoms with E-state index in [1.54, 1.807) is 55.5 Å². The highest BCUT2D eigenvalue weighted by Gasteiger charge is 2.38. The van der Waals surface area contributed by atoms with Gasteiger partial charge in [0.25, 0.3) is 0 Å². The van der Waals surface area contributed by atoms with Crippen molar-refractivity contribution in [3.8, 4) is 5.75 Å². The highest BCUT2D eigenvalue weighted by Crippen LogP contribution is 2.33. The number of alkyl halides is 3. The number of aliphatic hydroxyl groups excluding tert-OH is 1. The molecule has 1 aliphatic heterocycles. The van der Waals surface area contributed by atoms with E-state index in [0.717, 1.165) is 22.5 Å². The van der Waals surface area contributed by atoms with Crippen LogP contribution in [0.1, 0.15) is 55.9 Å². The third-order valence-electron chi connectivity index (χ3n) is 7.36. The van der Waals surface area contributed by atoms with E-state index in [2.05, 4.69) is 10.6 Å². The highest BCUT2D eigenvalue weighted by molar-refractivity contribution is 7.89. The Kier molecular flexibility index (Phi) is 11.3. The van der Waals surface area contributed by atoms with Gasteiger partial charge in [0.05, 0.1) is 23.2 Å². The van der Waals surface area contributed by atoms with Crippen molar-refractivity contribution in [1.82, 2.24) is 9.62 Å². The van der Waals surface area contributed by atoms with Gasteiger partial charge < -0.3 is 25.2 Å². The van der Waals surface area contributed by atoms with E-state index in [1.165, 1.54) is 0 Å². The molecule has 46 heavy (non-hydrogen) atoms. The van der Waals surface area contributed by atoms with Gasteiger partial charge in [-0.3, -0.25) is 4.79 Å². The first-order valence-electron chi connectivity index (χ1n) is 14.7. The van der Waals surface area contributed by atoms with E-state index in [1.807, 2.05) is 6.92 Å². The van der Waals surface area contributed by atoms with Gasteiger partial charge in [0.1, 0.15) is 11.8 Å². The average Bonchev–Trinajstić information content (AvgIpc) is 3.02. The predicted octanol–water partition coefficient (Wildman–Crippen LogP) is 5.63. The summed E-state index contributed by atoms with van der Waals surface area (Å²) in [6.07, 6.45) is -6.80. The first-order chi connectivity index (χ1) is 21.8. The summed E-state index contributed by atoms with van der Waals surface area (Å²) in [5.41, 5.74) is 0.626. The quantitative estimate of drug-likeness (QED) is 0.242. The molecule has 3 aromatic rings. The maximum Gasteiger partial charge on any atom is 0.416 e. The molecule has 10 nitrogen and oxygen atoms in total. The molecule has 3 N–H and O–H groups in total. The Morgan fingerprint density at radius 1 is 1.04 bits per heavy atom. The van der Waals surface area contributed by atoms with Crippen LogP contribution in [0.5, 0.6) is 5.75 Å². The Morgan fingerprint density at radius 3 is 2.37 bits per heavy atom. The molecular formula is C32H36F3N3O7S. The smallest absolute Gasteiger partial charge is 0.416 e. The van der Waals surface area contributed by atoms with E-state index in [4.69, 9.17) is 9.47 Å². The van der Waals surface area contributed by atoms with Crippen molar-refractivity contribution in [1.29, 1.82) is 0 Å². The molecule has 3 aromatic carbocycles. The van der Waals surface area contributed by atoms with Crippen LogP contribution in [0.25, 0.3) is 0 Å². The summed E-state index contributed by atoms with van der Waals surface area (Å²) < 4.78 is 78.6. The number of aliphatic hydroxyl groups is 1. The Bertz CT molecular complexity index is 1600. The van der Waals surface area contributed by atoms with Crippen LogP contribution in [-0.2, 0) is 32.2 Å². The van der Waals surface area contributed by atoms with Crippen molar-refractivity contribution >= 4 is 27.7 Å². The molecule has 1 heterocycles. The van der Waals surface area contributed by atoms with Crippen molar-refractivity contribution in [3.63, 3.8) is 0 Å². The number of ether oxygens (including phenoxy) is 2. The molecule has 0 bridgehead atoms. The number of hydrogen-bond acceptors (Lipinski definition) is 7. The summed E-state index contributed by atoms with van der Waals surface area (Å²) in [4.78, 5) is 26.0. The summed E-state index contributed by atoms with van der Waals surface area (Å²) in [6.45, 7) is 3.84. The van der Waals surface area contributed by atoms with E-state index in [-0.39, 0.29) is 19.4 Å². The van der Waals surface area contributed by atoms with Crippen molar-refractivity contribution in [3.05, 3.63) is 89.5 Å². The predicted molar refractivity (Wildman–Crippen MR) is 163 cm³/mol. The monoisotopic (exact) mass is 663 g/mol. The van der Waals surface area contributed by atoms with Crippen LogP contribution in [0.15, 0.2) is 77.7 Å². The molecule has 0 saturated carbocycles. The van der Waals surface area contributed by atoms with E-state index in [0.29, 0.717) is 48.1 Å². The number of carbonyl (C=O) groups is 2. The molecule has 1 fully saturated rings. The zero-order valence-corrected chi connectivity index (χ0v) is 26.1. The molecule has 1 unspecified atom stereocenters. The molecular weight excluding hydrogens is 627 g/mol. The molecule has 0 aromatic heterocycles. The lowest BCUT2D eigenvalue weighted by atomic mass is 10.0. The summed E-state index contributed by atoms with van der Waals surface area (Å²) >= 11 is 0. The number of hydrogen-bond donors (Lipinski definition) is 3. The molecule has 4 rings (SSSR count). The van der Waals surface area contributed by atoms with E-state index >= 15 is 0 Å². The second-order valence-electron chi connectivity index (χ2n) is 10.8. The van der Waals surface area contributed by atoms with Gasteiger partial charge in [0.2, 0.25) is 15.9 Å². The minimum Gasteiger partial charge on any atom is -0.494 e. The number of benzene rings is 3. The lowest BCUT2D eigenvalue weighted by molar-refractivity contribution is -0.137. The molecule has 0 radical (unpaired) electrons. The lowest BCUT2D eigenvalue weighted by Gasteiger charge is -2.34. The maximum absolute atomic E-state index is 13.4. The second-order valence-corrected chi connectivity index (χ2v) is 12.7. The number of nitrogens with one attached hydrogen (secondary N) is 2. The summed E-state index contributed by atoms with van der Waals surface area (Å²) in [7, 11) is -4.47. The molecule has 0 spiro atoms. The van der Waals surface area contributed by atoms with Crippen molar-refractivity contribution in [2.75, 3.05) is 18.5 Å². The first-order valence-corrected chi connectivity index (χ1v) is 16.2. The minimum atomic E-state index is -4.75. The fourth-order valence-electron chi connectivity index (χ4n) is 4.94. The number of carbonyl (C=O) groups excluding carboxylic acids is 2. The second kappa shape index (κ2) is 15.0. The number of anilines is 1. The van der Waals surface area contributed by atoms with E-state index < -0.39 is 57.0 Å². The number of alkyl carbamates (subject to hydrolysis) is 1. The summed E-state index contributed by atoms with van der Waals surface area (Å²) in [5, 5.41) is 15.1. The van der Waals surface area contributed by atoms with Crippen LogP contribution in [0.3, 0.4) is 0 Å². The largest absolute Gasteiger partial charge is 0.494 e. The zero-order valence-electron chi connectivity index (χ0n) is 25.3. The van der Waals surface area contributed by atoms with Crippen molar-refractivity contribution < 1.29 is 45.8 Å². The Hall–Kier alpha value is -4.14. The van der Waals surface area contributed by atoms with Gasteiger partial charge in [-0.2, -0.15) is 17.5 Å². The van der Waals surface area contributed by atoms with Crippen LogP contribution in [0, 0.1) is 0 Å². The lowest BCUT2D eigenvalue weighted by Crippen LogP contribution is -2.50.